The van der Waals surface area contributed by atoms with E-state index in [1.807, 2.05) is 12.1 Å². The third kappa shape index (κ3) is 7.72. The first-order valence-corrected chi connectivity index (χ1v) is 14.2. The summed E-state index contributed by atoms with van der Waals surface area (Å²) in [6, 6.07) is 10.6. The Hall–Kier alpha value is -1.53. The Morgan fingerprint density at radius 1 is 1.09 bits per heavy atom. The van der Waals surface area contributed by atoms with Gasteiger partial charge in [0.25, 0.3) is 5.91 Å². The first kappa shape index (κ1) is 28.0. The van der Waals surface area contributed by atoms with E-state index in [1.165, 1.54) is 18.9 Å². The summed E-state index contributed by atoms with van der Waals surface area (Å²) in [6.07, 6.45) is 4.39. The van der Waals surface area contributed by atoms with E-state index < -0.39 is 5.97 Å². The molecule has 1 heterocycles. The van der Waals surface area contributed by atoms with Gasteiger partial charge >= 0.3 is 5.97 Å². The number of hydrogen-bond donors (Lipinski definition) is 1. The summed E-state index contributed by atoms with van der Waals surface area (Å²) < 4.78 is 7.69. The van der Waals surface area contributed by atoms with E-state index in [1.54, 1.807) is 35.2 Å². The fraction of sp³-hybridized carbons (Fsp3) is 0.250. The molecule has 3 rings (SSSR count). The van der Waals surface area contributed by atoms with Crippen LogP contribution in [0.5, 0.6) is 0 Å². The molecule has 11 heteroatoms. The number of carbonyl (C=O) groups excluding carboxylic acids is 3. The van der Waals surface area contributed by atoms with Crippen LogP contribution in [0.3, 0.4) is 0 Å². The second-order valence-electron chi connectivity index (χ2n) is 7.55. The molecular formula is C24H21Br3N2O4S2. The summed E-state index contributed by atoms with van der Waals surface area (Å²) in [6.45, 7) is 0.509. The molecule has 0 radical (unpaired) electrons. The van der Waals surface area contributed by atoms with Crippen LogP contribution in [0, 0.1) is 0 Å². The first-order valence-electron chi connectivity index (χ1n) is 10.6. The lowest BCUT2D eigenvalue weighted by Crippen LogP contribution is -2.29. The Bertz CT molecular complexity index is 1160. The van der Waals surface area contributed by atoms with Crippen molar-refractivity contribution in [1.82, 2.24) is 4.90 Å². The number of thiocarbonyl (C=S) groups is 1. The molecule has 0 unspecified atom stereocenters. The van der Waals surface area contributed by atoms with Crippen LogP contribution in [0.25, 0.3) is 6.08 Å². The number of halogens is 3. The van der Waals surface area contributed by atoms with Gasteiger partial charge in [0, 0.05) is 26.4 Å². The van der Waals surface area contributed by atoms with Crippen LogP contribution in [0.4, 0.5) is 5.69 Å². The highest BCUT2D eigenvalue weighted by molar-refractivity contribution is 9.11. The molecule has 2 aromatic rings. The van der Waals surface area contributed by atoms with Crippen molar-refractivity contribution < 1.29 is 19.1 Å². The molecule has 0 spiro atoms. The number of anilines is 1. The lowest BCUT2D eigenvalue weighted by atomic mass is 10.1. The fourth-order valence-electron chi connectivity index (χ4n) is 3.27. The average molecular weight is 705 g/mol. The maximum atomic E-state index is 12.8. The van der Waals surface area contributed by atoms with Gasteiger partial charge in [0.15, 0.2) is 0 Å². The molecule has 0 saturated carbocycles. The molecule has 2 amide bonds. The number of benzene rings is 2. The summed E-state index contributed by atoms with van der Waals surface area (Å²) in [5.74, 6) is -0.602. The van der Waals surface area contributed by atoms with Crippen LogP contribution < -0.4 is 5.32 Å². The van der Waals surface area contributed by atoms with Crippen LogP contribution in [0.1, 0.15) is 41.6 Å². The van der Waals surface area contributed by atoms with Gasteiger partial charge in [-0.3, -0.25) is 14.5 Å². The number of thioether (sulfide) groups is 1. The van der Waals surface area contributed by atoms with Gasteiger partial charge < -0.3 is 10.1 Å². The van der Waals surface area contributed by atoms with Gasteiger partial charge in [0.2, 0.25) is 5.91 Å². The van der Waals surface area contributed by atoms with Gasteiger partial charge in [-0.25, -0.2) is 4.79 Å². The number of hydrogen-bond acceptors (Lipinski definition) is 6. The van der Waals surface area contributed by atoms with Gasteiger partial charge in [-0.15, -0.1) is 0 Å². The topological polar surface area (TPSA) is 75.7 Å². The van der Waals surface area contributed by atoms with Crippen molar-refractivity contribution in [1.29, 1.82) is 0 Å². The van der Waals surface area contributed by atoms with Crippen molar-refractivity contribution in [3.63, 3.8) is 0 Å². The second-order valence-corrected chi connectivity index (χ2v) is 11.9. The number of nitrogens with zero attached hydrogens (tertiary/aromatic N) is 1. The number of unbranched alkanes of at least 4 members (excludes halogenated alkanes) is 2. The minimum absolute atomic E-state index is 0.0690. The molecule has 1 aliphatic heterocycles. The third-order valence-corrected chi connectivity index (χ3v) is 8.15. The van der Waals surface area contributed by atoms with Crippen LogP contribution in [-0.2, 0) is 14.3 Å². The van der Waals surface area contributed by atoms with Crippen molar-refractivity contribution >= 4 is 106 Å². The molecule has 2 aromatic carbocycles. The number of methoxy groups -OCH3 is 1. The smallest absolute Gasteiger partial charge is 0.337 e. The molecule has 6 nitrogen and oxygen atoms in total. The molecule has 0 aromatic heterocycles. The molecular weight excluding hydrogens is 684 g/mol. The number of esters is 1. The predicted octanol–water partition coefficient (Wildman–Crippen LogP) is 7.16. The Morgan fingerprint density at radius 2 is 1.74 bits per heavy atom. The summed E-state index contributed by atoms with van der Waals surface area (Å²) in [7, 11) is 1.33. The van der Waals surface area contributed by atoms with Crippen molar-refractivity contribution in [2.45, 2.75) is 25.7 Å². The van der Waals surface area contributed by atoms with Crippen LogP contribution in [-0.4, -0.2) is 40.7 Å². The fourth-order valence-corrected chi connectivity index (χ4v) is 7.04. The number of rotatable bonds is 9. The van der Waals surface area contributed by atoms with E-state index in [0.29, 0.717) is 39.9 Å². The van der Waals surface area contributed by atoms with Gasteiger partial charge in [-0.2, -0.15) is 0 Å². The molecule has 0 atom stereocenters. The summed E-state index contributed by atoms with van der Waals surface area (Å²) in [5.41, 5.74) is 1.94. The standard InChI is InChI=1S/C24H21Br3N2O4S2/c1-33-23(32)15-8-6-14(7-9-15)11-19-22(31)29(24(34)35-19)10-4-2-3-5-20(30)28-21-17(26)12-16(25)13-18(21)27/h6-9,11-13H,2-5,10H2,1H3,(H,28,30). The zero-order chi connectivity index (χ0) is 25.5. The molecule has 0 aliphatic carbocycles. The second kappa shape index (κ2) is 13.1. The minimum Gasteiger partial charge on any atom is -0.465 e. The van der Waals surface area contributed by atoms with Crippen LogP contribution in [0.2, 0.25) is 0 Å². The summed E-state index contributed by atoms with van der Waals surface area (Å²) in [4.78, 5) is 38.8. The summed E-state index contributed by atoms with van der Waals surface area (Å²) >= 11 is 17.0. The van der Waals surface area contributed by atoms with Crippen LogP contribution in [0.15, 0.2) is 54.7 Å². The normalized spacial score (nSPS) is 14.5. The Kier molecular flexibility index (Phi) is 10.5. The molecule has 184 valence electrons. The highest BCUT2D eigenvalue weighted by Crippen LogP contribution is 2.35. The lowest BCUT2D eigenvalue weighted by Gasteiger charge is -2.14. The van der Waals surface area contributed by atoms with Crippen molar-refractivity contribution in [3.05, 3.63) is 65.8 Å². The number of carbonyl (C=O) groups is 3. The molecule has 0 bridgehead atoms. The lowest BCUT2D eigenvalue weighted by molar-refractivity contribution is -0.122. The minimum atomic E-state index is -0.408. The third-order valence-electron chi connectivity index (χ3n) is 5.06. The Morgan fingerprint density at radius 3 is 2.37 bits per heavy atom. The number of amides is 2. The highest BCUT2D eigenvalue weighted by Gasteiger charge is 2.31. The Balaban J connectivity index is 1.45. The predicted molar refractivity (Wildman–Crippen MR) is 154 cm³/mol. The first-order chi connectivity index (χ1) is 16.7. The SMILES string of the molecule is COC(=O)c1ccc(C=C2SC(=S)N(CCCCCC(=O)Nc3c(Br)cc(Br)cc3Br)C2=O)cc1. The quantitative estimate of drug-likeness (QED) is 0.129. The average Bonchev–Trinajstić information content (AvgIpc) is 3.08. The highest BCUT2D eigenvalue weighted by atomic mass is 79.9. The van der Waals surface area contributed by atoms with E-state index in [-0.39, 0.29) is 11.8 Å². The van der Waals surface area contributed by atoms with Crippen LogP contribution >= 0.6 is 71.8 Å². The van der Waals surface area contributed by atoms with Gasteiger partial charge in [0.1, 0.15) is 4.32 Å². The van der Waals surface area contributed by atoms with Gasteiger partial charge in [-0.05, 0) is 80.6 Å². The zero-order valence-corrected chi connectivity index (χ0v) is 25.0. The largest absolute Gasteiger partial charge is 0.465 e. The van der Waals surface area contributed by atoms with E-state index in [4.69, 9.17) is 17.0 Å². The number of nitrogens with one attached hydrogen (secondary N) is 1. The number of ether oxygens (including phenoxy) is 1. The molecule has 1 aliphatic rings. The summed E-state index contributed by atoms with van der Waals surface area (Å²) in [5, 5.41) is 2.92. The zero-order valence-electron chi connectivity index (χ0n) is 18.6. The molecule has 1 saturated heterocycles. The molecule has 1 N–H and O–H groups in total. The monoisotopic (exact) mass is 702 g/mol. The van der Waals surface area contributed by atoms with E-state index in [0.717, 1.165) is 31.8 Å². The van der Waals surface area contributed by atoms with Crippen molar-refractivity contribution in [2.24, 2.45) is 0 Å². The van der Waals surface area contributed by atoms with E-state index in [9.17, 15) is 14.4 Å². The van der Waals surface area contributed by atoms with Gasteiger partial charge in [0.05, 0.1) is 23.3 Å². The van der Waals surface area contributed by atoms with Crippen molar-refractivity contribution in [3.8, 4) is 0 Å². The maximum absolute atomic E-state index is 12.8. The maximum Gasteiger partial charge on any atom is 0.337 e. The van der Waals surface area contributed by atoms with E-state index in [2.05, 4.69) is 53.1 Å². The van der Waals surface area contributed by atoms with Crippen molar-refractivity contribution in [2.75, 3.05) is 19.0 Å². The van der Waals surface area contributed by atoms with E-state index >= 15 is 0 Å². The molecule has 35 heavy (non-hydrogen) atoms. The van der Waals surface area contributed by atoms with Gasteiger partial charge in [-0.1, -0.05) is 58.5 Å². The molecule has 1 fully saturated rings. The Labute approximate surface area is 238 Å².